The van der Waals surface area contributed by atoms with Gasteiger partial charge in [0, 0.05) is 17.1 Å². The van der Waals surface area contributed by atoms with Crippen LogP contribution in [0.5, 0.6) is 6.01 Å². The van der Waals surface area contributed by atoms with E-state index in [0.717, 1.165) is 30.4 Å². The second-order valence-corrected chi connectivity index (χ2v) is 8.15. The third-order valence-corrected chi connectivity index (χ3v) is 5.56. The van der Waals surface area contributed by atoms with Gasteiger partial charge in [-0.25, -0.2) is 4.98 Å². The molecule has 0 spiro atoms. The number of rotatable bonds is 6. The van der Waals surface area contributed by atoms with Crippen LogP contribution in [0.15, 0.2) is 34.9 Å². The van der Waals surface area contributed by atoms with Gasteiger partial charge in [0.05, 0.1) is 6.20 Å². The average molecular weight is 420 g/mol. The Morgan fingerprint density at radius 1 is 1.27 bits per heavy atom. The van der Waals surface area contributed by atoms with Crippen molar-refractivity contribution in [2.45, 2.75) is 32.8 Å². The molecular formula is C20H26BrN3O2. The second kappa shape index (κ2) is 8.35. The zero-order chi connectivity index (χ0) is 18.7. The molecule has 1 atom stereocenters. The third kappa shape index (κ3) is 4.18. The van der Waals surface area contributed by atoms with Gasteiger partial charge in [0.15, 0.2) is 0 Å². The quantitative estimate of drug-likeness (QED) is 0.722. The van der Waals surface area contributed by atoms with Crippen molar-refractivity contribution in [1.29, 1.82) is 0 Å². The highest BCUT2D eigenvalue weighted by molar-refractivity contribution is 9.10. The molecule has 1 aromatic heterocycles. The molecule has 140 valence electrons. The minimum atomic E-state index is -0.0506. The van der Waals surface area contributed by atoms with E-state index < -0.39 is 0 Å². The molecule has 3 rings (SSSR count). The van der Waals surface area contributed by atoms with Crippen molar-refractivity contribution >= 4 is 21.7 Å². The van der Waals surface area contributed by atoms with Crippen LogP contribution in [0.4, 0.5) is 0 Å². The van der Waals surface area contributed by atoms with Crippen LogP contribution in [-0.4, -0.2) is 34.5 Å². The molecule has 1 unspecified atom stereocenters. The van der Waals surface area contributed by atoms with E-state index in [2.05, 4.69) is 40.1 Å². The number of hydrogen-bond donors (Lipinski definition) is 1. The van der Waals surface area contributed by atoms with E-state index >= 15 is 0 Å². The number of nitrogens with one attached hydrogen (secondary N) is 1. The molecule has 1 aliphatic rings. The first kappa shape index (κ1) is 19.1. The number of carbonyl (C=O) groups is 1. The summed E-state index contributed by atoms with van der Waals surface area (Å²) in [4.78, 5) is 17.2. The molecule has 0 aliphatic carbocycles. The first-order valence-electron chi connectivity index (χ1n) is 9.16. The van der Waals surface area contributed by atoms with Crippen LogP contribution in [-0.2, 0) is 7.05 Å². The molecule has 6 heteroatoms. The number of halogens is 1. The van der Waals surface area contributed by atoms with Crippen molar-refractivity contribution in [2.75, 3.05) is 13.1 Å². The van der Waals surface area contributed by atoms with Crippen molar-refractivity contribution in [3.05, 3.63) is 46.2 Å². The summed E-state index contributed by atoms with van der Waals surface area (Å²) in [5, 5.41) is 3.40. The Bertz CT molecular complexity index is 749. The number of carbonyl (C=O) groups excluding carboxylic acids is 1. The van der Waals surface area contributed by atoms with Crippen LogP contribution < -0.4 is 10.1 Å². The van der Waals surface area contributed by atoms with Gasteiger partial charge in [-0.15, -0.1) is 0 Å². The molecule has 26 heavy (non-hydrogen) atoms. The maximum Gasteiger partial charge on any atom is 0.296 e. The first-order valence-corrected chi connectivity index (χ1v) is 9.96. The summed E-state index contributed by atoms with van der Waals surface area (Å²) >= 11 is 3.39. The zero-order valence-electron chi connectivity index (χ0n) is 15.5. The van der Waals surface area contributed by atoms with Crippen LogP contribution in [0.3, 0.4) is 0 Å². The molecule has 0 radical (unpaired) electrons. The van der Waals surface area contributed by atoms with Gasteiger partial charge in [0.2, 0.25) is 5.78 Å². The molecular weight excluding hydrogens is 394 g/mol. The molecule has 1 saturated heterocycles. The number of benzene rings is 1. The van der Waals surface area contributed by atoms with Gasteiger partial charge in [0.1, 0.15) is 11.8 Å². The topological polar surface area (TPSA) is 56.1 Å². The average Bonchev–Trinajstić information content (AvgIpc) is 3.00. The highest BCUT2D eigenvalue weighted by Gasteiger charge is 2.29. The van der Waals surface area contributed by atoms with Gasteiger partial charge in [-0.1, -0.05) is 29.8 Å². The van der Waals surface area contributed by atoms with E-state index in [1.165, 1.54) is 0 Å². The molecule has 1 N–H and O–H groups in total. The van der Waals surface area contributed by atoms with Gasteiger partial charge >= 0.3 is 0 Å². The highest BCUT2D eigenvalue weighted by Crippen LogP contribution is 2.27. The number of aromatic nitrogens is 2. The summed E-state index contributed by atoms with van der Waals surface area (Å²) < 4.78 is 9.01. The van der Waals surface area contributed by atoms with E-state index in [4.69, 9.17) is 4.74 Å². The minimum absolute atomic E-state index is 0.0506. The fraction of sp³-hybridized carbons (Fsp3) is 0.500. The van der Waals surface area contributed by atoms with E-state index in [9.17, 15) is 4.79 Å². The summed E-state index contributed by atoms with van der Waals surface area (Å²) in [5.41, 5.74) is 1.18. The Balaban J connectivity index is 1.79. The van der Waals surface area contributed by atoms with Gasteiger partial charge in [-0.3, -0.25) is 9.36 Å². The number of piperidine rings is 1. The molecule has 5 nitrogen and oxygen atoms in total. The smallest absolute Gasteiger partial charge is 0.296 e. The van der Waals surface area contributed by atoms with Gasteiger partial charge in [-0.2, -0.15) is 0 Å². The summed E-state index contributed by atoms with van der Waals surface area (Å²) in [6.45, 7) is 6.43. The SMILES string of the molecule is CC(C)C(Oc1ncc(C(=O)c2ccc(Br)cc2)n1C)C1CCNCC1. The molecule has 2 aromatic rings. The Labute approximate surface area is 163 Å². The Hall–Kier alpha value is -1.66. The molecule has 1 aliphatic heterocycles. The van der Waals surface area contributed by atoms with Gasteiger partial charge in [-0.05, 0) is 62.0 Å². The van der Waals surface area contributed by atoms with Crippen molar-refractivity contribution in [1.82, 2.24) is 14.9 Å². The molecule has 1 aromatic carbocycles. The lowest BCUT2D eigenvalue weighted by molar-refractivity contribution is 0.0602. The van der Waals surface area contributed by atoms with Crippen LogP contribution in [0.1, 0.15) is 42.7 Å². The van der Waals surface area contributed by atoms with E-state index in [1.807, 2.05) is 31.3 Å². The van der Waals surface area contributed by atoms with Crippen molar-refractivity contribution in [3.63, 3.8) is 0 Å². The third-order valence-electron chi connectivity index (χ3n) is 5.03. The molecule has 0 bridgehead atoms. The summed E-state index contributed by atoms with van der Waals surface area (Å²) in [6.07, 6.45) is 3.93. The maximum absolute atomic E-state index is 12.8. The lowest BCUT2D eigenvalue weighted by Crippen LogP contribution is -2.40. The summed E-state index contributed by atoms with van der Waals surface area (Å²) in [5.74, 6) is 0.851. The number of hydrogen-bond acceptors (Lipinski definition) is 4. The predicted octanol–water partition coefficient (Wildman–Crippen LogP) is 3.82. The fourth-order valence-electron chi connectivity index (χ4n) is 3.53. The van der Waals surface area contributed by atoms with E-state index in [1.54, 1.807) is 10.8 Å². The molecule has 0 amide bonds. The molecule has 2 heterocycles. The lowest BCUT2D eigenvalue weighted by atomic mass is 9.86. The Morgan fingerprint density at radius 3 is 2.54 bits per heavy atom. The number of nitrogens with zero attached hydrogens (tertiary/aromatic N) is 2. The van der Waals surface area contributed by atoms with E-state index in [0.29, 0.717) is 29.1 Å². The monoisotopic (exact) mass is 419 g/mol. The first-order chi connectivity index (χ1) is 12.5. The molecule has 1 fully saturated rings. The van der Waals surface area contributed by atoms with Crippen LogP contribution in [0.25, 0.3) is 0 Å². The maximum atomic E-state index is 12.8. The van der Waals surface area contributed by atoms with E-state index in [-0.39, 0.29) is 11.9 Å². The lowest BCUT2D eigenvalue weighted by Gasteiger charge is -2.33. The standard InChI is InChI=1S/C20H26BrN3O2/c1-13(2)19(15-8-10-22-11-9-15)26-20-23-12-17(24(20)3)18(25)14-4-6-16(21)7-5-14/h4-7,12-13,15,19,22H,8-11H2,1-3H3. The number of imidazole rings is 1. The van der Waals surface area contributed by atoms with Crippen LogP contribution in [0, 0.1) is 11.8 Å². The van der Waals surface area contributed by atoms with Crippen LogP contribution >= 0.6 is 15.9 Å². The van der Waals surface area contributed by atoms with Gasteiger partial charge in [0.25, 0.3) is 6.01 Å². The van der Waals surface area contributed by atoms with Crippen molar-refractivity contribution in [2.24, 2.45) is 18.9 Å². The Kier molecular flexibility index (Phi) is 6.14. The van der Waals surface area contributed by atoms with Crippen molar-refractivity contribution in [3.8, 4) is 6.01 Å². The predicted molar refractivity (Wildman–Crippen MR) is 106 cm³/mol. The highest BCUT2D eigenvalue weighted by atomic mass is 79.9. The molecule has 0 saturated carbocycles. The number of ketones is 1. The normalized spacial score (nSPS) is 16.7. The van der Waals surface area contributed by atoms with Crippen molar-refractivity contribution < 1.29 is 9.53 Å². The van der Waals surface area contributed by atoms with Gasteiger partial charge < -0.3 is 10.1 Å². The fourth-order valence-corrected chi connectivity index (χ4v) is 3.80. The second-order valence-electron chi connectivity index (χ2n) is 7.23. The summed E-state index contributed by atoms with van der Waals surface area (Å²) in [7, 11) is 1.84. The van der Waals surface area contributed by atoms with Crippen LogP contribution in [0.2, 0.25) is 0 Å². The largest absolute Gasteiger partial charge is 0.461 e. The minimum Gasteiger partial charge on any atom is -0.461 e. The number of ether oxygens (including phenoxy) is 1. The Morgan fingerprint density at radius 2 is 1.92 bits per heavy atom. The summed E-state index contributed by atoms with van der Waals surface area (Å²) in [6, 6.07) is 7.88. The zero-order valence-corrected chi connectivity index (χ0v) is 17.1.